The van der Waals surface area contributed by atoms with E-state index >= 15 is 0 Å². The highest BCUT2D eigenvalue weighted by Gasteiger charge is 2.19. The van der Waals surface area contributed by atoms with E-state index in [1.165, 1.54) is 38.5 Å². The minimum absolute atomic E-state index is 0.142. The molecule has 31 heavy (non-hydrogen) atoms. The van der Waals surface area contributed by atoms with Crippen molar-refractivity contribution in [2.24, 2.45) is 5.92 Å². The highest BCUT2D eigenvalue weighted by Crippen LogP contribution is 2.27. The zero-order chi connectivity index (χ0) is 22.7. The van der Waals surface area contributed by atoms with Crippen LogP contribution in [0.25, 0.3) is 0 Å². The topological polar surface area (TPSA) is 81.7 Å². The van der Waals surface area contributed by atoms with Crippen LogP contribution in [0.5, 0.6) is 0 Å². The molecule has 1 aliphatic carbocycles. The summed E-state index contributed by atoms with van der Waals surface area (Å²) in [5, 5.41) is 3.23. The van der Waals surface area contributed by atoms with E-state index in [4.69, 9.17) is 9.47 Å². The first kappa shape index (κ1) is 27.6. The molecule has 0 amide bonds. The number of ketones is 1. The first-order chi connectivity index (χ1) is 15.1. The Morgan fingerprint density at radius 3 is 2.26 bits per heavy atom. The summed E-state index contributed by atoms with van der Waals surface area (Å²) >= 11 is 0. The van der Waals surface area contributed by atoms with Crippen LogP contribution in [-0.2, 0) is 23.9 Å². The number of ether oxygens (including phenoxy) is 2. The van der Waals surface area contributed by atoms with Crippen molar-refractivity contribution in [3.63, 3.8) is 0 Å². The van der Waals surface area contributed by atoms with E-state index in [1.54, 1.807) is 6.92 Å². The molecule has 0 heterocycles. The van der Waals surface area contributed by atoms with Gasteiger partial charge in [0.15, 0.2) is 0 Å². The summed E-state index contributed by atoms with van der Waals surface area (Å²) in [6.07, 6.45) is 14.8. The summed E-state index contributed by atoms with van der Waals surface area (Å²) in [6.45, 7) is 4.92. The maximum absolute atomic E-state index is 12.2. The SMILES string of the molecule is CCOC(=O)CCCCCCC(NCCC(=O)CCCC1CCCCC1)C(=O)OCC. The summed E-state index contributed by atoms with van der Waals surface area (Å²) in [7, 11) is 0. The second kappa shape index (κ2) is 18.2. The predicted octanol–water partition coefficient (Wildman–Crippen LogP) is 5.12. The fourth-order valence-corrected chi connectivity index (χ4v) is 4.33. The molecule has 6 nitrogen and oxygen atoms in total. The minimum atomic E-state index is -0.361. The summed E-state index contributed by atoms with van der Waals surface area (Å²) in [5.41, 5.74) is 0. The van der Waals surface area contributed by atoms with Crippen LogP contribution in [0.3, 0.4) is 0 Å². The number of hydrogen-bond acceptors (Lipinski definition) is 6. The average Bonchev–Trinajstić information content (AvgIpc) is 2.76. The smallest absolute Gasteiger partial charge is 0.323 e. The third-order valence-corrected chi connectivity index (χ3v) is 6.09. The van der Waals surface area contributed by atoms with E-state index in [1.807, 2.05) is 6.92 Å². The van der Waals surface area contributed by atoms with Gasteiger partial charge in [0.1, 0.15) is 11.8 Å². The van der Waals surface area contributed by atoms with E-state index in [9.17, 15) is 14.4 Å². The van der Waals surface area contributed by atoms with Crippen LogP contribution < -0.4 is 5.32 Å². The molecule has 1 unspecified atom stereocenters. The van der Waals surface area contributed by atoms with Gasteiger partial charge in [-0.1, -0.05) is 57.8 Å². The number of rotatable bonds is 18. The molecule has 0 saturated heterocycles. The highest BCUT2D eigenvalue weighted by atomic mass is 16.5. The molecule has 0 aliphatic heterocycles. The molecule has 6 heteroatoms. The Morgan fingerprint density at radius 2 is 1.55 bits per heavy atom. The second-order valence-electron chi connectivity index (χ2n) is 8.70. The van der Waals surface area contributed by atoms with E-state index < -0.39 is 0 Å². The Bertz CT molecular complexity index is 502. The van der Waals surface area contributed by atoms with Gasteiger partial charge >= 0.3 is 11.9 Å². The van der Waals surface area contributed by atoms with Crippen LogP contribution in [0.15, 0.2) is 0 Å². The fourth-order valence-electron chi connectivity index (χ4n) is 4.33. The van der Waals surface area contributed by atoms with Crippen LogP contribution >= 0.6 is 0 Å². The Balaban J connectivity index is 2.17. The number of nitrogens with one attached hydrogen (secondary N) is 1. The fraction of sp³-hybridized carbons (Fsp3) is 0.880. The van der Waals surface area contributed by atoms with E-state index in [0.29, 0.717) is 45.4 Å². The second-order valence-corrected chi connectivity index (χ2v) is 8.70. The first-order valence-electron chi connectivity index (χ1n) is 12.6. The number of unbranched alkanes of at least 4 members (excludes halogenated alkanes) is 3. The van der Waals surface area contributed by atoms with Crippen molar-refractivity contribution in [3.05, 3.63) is 0 Å². The molecule has 180 valence electrons. The molecule has 1 atom stereocenters. The minimum Gasteiger partial charge on any atom is -0.466 e. The molecule has 0 aromatic rings. The molecule has 0 aromatic carbocycles. The van der Waals surface area contributed by atoms with E-state index in [0.717, 1.165) is 38.0 Å². The number of esters is 2. The molecule has 0 aromatic heterocycles. The lowest BCUT2D eigenvalue weighted by molar-refractivity contribution is -0.146. The van der Waals surface area contributed by atoms with Crippen molar-refractivity contribution in [1.29, 1.82) is 0 Å². The van der Waals surface area contributed by atoms with Crippen LogP contribution in [0.4, 0.5) is 0 Å². The lowest BCUT2D eigenvalue weighted by Gasteiger charge is -2.21. The normalized spacial score (nSPS) is 15.4. The van der Waals surface area contributed by atoms with Gasteiger partial charge in [-0.25, -0.2) is 0 Å². The molecule has 0 spiro atoms. The monoisotopic (exact) mass is 439 g/mol. The van der Waals surface area contributed by atoms with Gasteiger partial charge in [0.05, 0.1) is 13.2 Å². The highest BCUT2D eigenvalue weighted by molar-refractivity contribution is 5.79. The van der Waals surface area contributed by atoms with E-state index in [-0.39, 0.29) is 23.8 Å². The number of carbonyl (C=O) groups is 3. The maximum atomic E-state index is 12.2. The van der Waals surface area contributed by atoms with Gasteiger partial charge in [-0.3, -0.25) is 14.4 Å². The molecule has 0 radical (unpaired) electrons. The van der Waals surface area contributed by atoms with Gasteiger partial charge in [-0.05, 0) is 39.0 Å². The summed E-state index contributed by atoms with van der Waals surface area (Å²) in [6, 6.07) is -0.361. The predicted molar refractivity (Wildman–Crippen MR) is 123 cm³/mol. The standard InChI is InChI=1S/C25H45NO5/c1-3-30-24(28)18-11-6-5-10-17-23(25(29)31-4-2)26-20-19-22(27)16-12-15-21-13-8-7-9-14-21/h21,23,26H,3-20H2,1-2H3. The lowest BCUT2D eigenvalue weighted by atomic mass is 9.85. The van der Waals surface area contributed by atoms with Crippen molar-refractivity contribution in [2.75, 3.05) is 19.8 Å². The van der Waals surface area contributed by atoms with Gasteiger partial charge in [0.2, 0.25) is 0 Å². The van der Waals surface area contributed by atoms with Gasteiger partial charge in [-0.15, -0.1) is 0 Å². The van der Waals surface area contributed by atoms with Crippen LogP contribution in [0.1, 0.15) is 110 Å². The third kappa shape index (κ3) is 14.3. The summed E-state index contributed by atoms with van der Waals surface area (Å²) < 4.78 is 10.1. The quantitative estimate of drug-likeness (QED) is 0.236. The Morgan fingerprint density at radius 1 is 0.839 bits per heavy atom. The molecular formula is C25H45NO5. The Hall–Kier alpha value is -1.43. The molecule has 1 fully saturated rings. The van der Waals surface area contributed by atoms with Gasteiger partial charge in [0.25, 0.3) is 0 Å². The zero-order valence-electron chi connectivity index (χ0n) is 19.9. The molecule has 0 bridgehead atoms. The summed E-state index contributed by atoms with van der Waals surface area (Å²) in [5.74, 6) is 0.728. The van der Waals surface area contributed by atoms with Crippen molar-refractivity contribution in [1.82, 2.24) is 5.32 Å². The average molecular weight is 440 g/mol. The van der Waals surface area contributed by atoms with Crippen molar-refractivity contribution in [3.8, 4) is 0 Å². The van der Waals surface area contributed by atoms with Crippen LogP contribution in [-0.4, -0.2) is 43.5 Å². The van der Waals surface area contributed by atoms with Crippen molar-refractivity contribution in [2.45, 2.75) is 116 Å². The van der Waals surface area contributed by atoms with Crippen molar-refractivity contribution < 1.29 is 23.9 Å². The van der Waals surface area contributed by atoms with Gasteiger partial charge in [0, 0.05) is 25.8 Å². The third-order valence-electron chi connectivity index (χ3n) is 6.09. The lowest BCUT2D eigenvalue weighted by Crippen LogP contribution is -2.39. The first-order valence-corrected chi connectivity index (χ1v) is 12.6. The number of carbonyl (C=O) groups excluding carboxylic acids is 3. The maximum Gasteiger partial charge on any atom is 0.323 e. The van der Waals surface area contributed by atoms with Crippen LogP contribution in [0, 0.1) is 5.92 Å². The molecule has 1 N–H and O–H groups in total. The Labute approximate surface area is 189 Å². The summed E-state index contributed by atoms with van der Waals surface area (Å²) in [4.78, 5) is 35.8. The molecule has 1 saturated carbocycles. The Kier molecular flexibility index (Phi) is 16.2. The van der Waals surface area contributed by atoms with E-state index in [2.05, 4.69) is 5.32 Å². The van der Waals surface area contributed by atoms with Crippen molar-refractivity contribution >= 4 is 17.7 Å². The molecule has 1 rings (SSSR count). The van der Waals surface area contributed by atoms with Gasteiger partial charge in [-0.2, -0.15) is 0 Å². The van der Waals surface area contributed by atoms with Crippen LogP contribution in [0.2, 0.25) is 0 Å². The number of Topliss-reactive ketones (excluding diaryl/α,β-unsaturated/α-hetero) is 1. The van der Waals surface area contributed by atoms with Gasteiger partial charge < -0.3 is 14.8 Å². The zero-order valence-corrected chi connectivity index (χ0v) is 19.9. The molecular weight excluding hydrogens is 394 g/mol. The molecule has 1 aliphatic rings. The largest absolute Gasteiger partial charge is 0.466 e. The number of hydrogen-bond donors (Lipinski definition) is 1.